The number of hydrogen-bond donors (Lipinski definition) is 2. The van der Waals surface area contributed by atoms with Crippen molar-refractivity contribution in [1.29, 1.82) is 0 Å². The maximum absolute atomic E-state index is 11.7. The number of carbonyl (C=O) groups is 2. The first-order chi connectivity index (χ1) is 24.7. The molecule has 12 heteroatoms. The van der Waals surface area contributed by atoms with Crippen LogP contribution in [0, 0.1) is 13.8 Å². The van der Waals surface area contributed by atoms with Gasteiger partial charge in [0, 0.05) is 75.8 Å². The zero-order chi connectivity index (χ0) is 35.6. The Labute approximate surface area is 298 Å². The second-order valence-corrected chi connectivity index (χ2v) is 13.5. The second-order valence-electron chi connectivity index (χ2n) is 13.5. The average molecular weight is 692 g/mol. The molecule has 2 fully saturated rings. The summed E-state index contributed by atoms with van der Waals surface area (Å²) in [7, 11) is 3.27. The molecular formula is C39H45N7O5. The molecule has 3 aliphatic rings. The van der Waals surface area contributed by atoms with Crippen LogP contribution in [0.5, 0.6) is 17.5 Å². The highest BCUT2D eigenvalue weighted by atomic mass is 16.5. The molecule has 0 aliphatic carbocycles. The standard InChI is InChI=1S/C39H45N7O5/c1-23-27(8-6-10-29(23)31-18-35-37(39(43-31)50-5)34(22-51-35)40-19-26-12-13-36(48)42-26)28-9-7-11-30(24(28)2)32-20-41-33(38(44-32)49-4)21-45-14-16-46(17-15-45)25(3)47/h6-11,18,20,26,34,40H,12-17,19,21-22H2,1-5H3,(H,42,48). The first-order valence-corrected chi connectivity index (χ1v) is 17.6. The smallest absolute Gasteiger partial charge is 0.237 e. The Kier molecular flexibility index (Phi) is 9.88. The molecular weight excluding hydrogens is 646 g/mol. The quantitative estimate of drug-likeness (QED) is 0.246. The maximum atomic E-state index is 11.7. The van der Waals surface area contributed by atoms with Gasteiger partial charge in [0.1, 0.15) is 18.1 Å². The number of hydrogen-bond acceptors (Lipinski definition) is 10. The molecule has 2 amide bonds. The number of benzene rings is 2. The molecule has 0 bridgehead atoms. The van der Waals surface area contributed by atoms with Gasteiger partial charge in [-0.25, -0.2) is 9.97 Å². The summed E-state index contributed by atoms with van der Waals surface area (Å²) in [5, 5.41) is 6.56. The lowest BCUT2D eigenvalue weighted by Crippen LogP contribution is -2.47. The number of carbonyl (C=O) groups excluding carboxylic acids is 2. The van der Waals surface area contributed by atoms with Crippen LogP contribution in [0.25, 0.3) is 33.6 Å². The number of ether oxygens (including phenoxy) is 3. The minimum absolute atomic E-state index is 0.0777. The molecule has 0 spiro atoms. The number of methoxy groups -OCH3 is 2. The lowest BCUT2D eigenvalue weighted by atomic mass is 9.90. The van der Waals surface area contributed by atoms with E-state index in [0.29, 0.717) is 51.0 Å². The summed E-state index contributed by atoms with van der Waals surface area (Å²) in [6, 6.07) is 14.6. The van der Waals surface area contributed by atoms with Gasteiger partial charge in [-0.15, -0.1) is 0 Å². The SMILES string of the molecule is COc1nc(-c2cccc(-c3cccc(-c4cc5c(c(OC)n4)C(NCC4CCC(=O)N4)CO5)c3C)c2C)cnc1CN1CCN(C(C)=O)CC1. The number of pyridine rings is 1. The fourth-order valence-corrected chi connectivity index (χ4v) is 7.42. The summed E-state index contributed by atoms with van der Waals surface area (Å²) in [6.45, 7) is 10.6. The molecule has 2 saturated heterocycles. The molecule has 2 unspecified atom stereocenters. The van der Waals surface area contributed by atoms with Crippen LogP contribution in [-0.2, 0) is 16.1 Å². The van der Waals surface area contributed by atoms with E-state index >= 15 is 0 Å². The van der Waals surface area contributed by atoms with E-state index in [2.05, 4.69) is 65.8 Å². The Balaban J connectivity index is 1.14. The fourth-order valence-electron chi connectivity index (χ4n) is 7.42. The summed E-state index contributed by atoms with van der Waals surface area (Å²) in [4.78, 5) is 42.3. The van der Waals surface area contributed by atoms with Crippen LogP contribution in [0.4, 0.5) is 0 Å². The average Bonchev–Trinajstić information content (AvgIpc) is 3.76. The van der Waals surface area contributed by atoms with Gasteiger partial charge in [-0.2, -0.15) is 0 Å². The van der Waals surface area contributed by atoms with Gasteiger partial charge in [0.2, 0.25) is 23.6 Å². The van der Waals surface area contributed by atoms with E-state index in [0.717, 1.165) is 81.3 Å². The Morgan fingerprint density at radius 3 is 2.22 bits per heavy atom. The van der Waals surface area contributed by atoms with E-state index in [4.69, 9.17) is 29.2 Å². The highest BCUT2D eigenvalue weighted by Gasteiger charge is 2.32. The van der Waals surface area contributed by atoms with E-state index in [9.17, 15) is 9.59 Å². The van der Waals surface area contributed by atoms with Gasteiger partial charge in [-0.05, 0) is 42.5 Å². The van der Waals surface area contributed by atoms with Crippen molar-refractivity contribution in [2.75, 3.05) is 53.6 Å². The van der Waals surface area contributed by atoms with Crippen LogP contribution in [0.3, 0.4) is 0 Å². The van der Waals surface area contributed by atoms with Crippen LogP contribution in [0.15, 0.2) is 48.7 Å². The van der Waals surface area contributed by atoms with Gasteiger partial charge in [0.05, 0.1) is 43.4 Å². The first-order valence-electron chi connectivity index (χ1n) is 17.6. The van der Waals surface area contributed by atoms with Gasteiger partial charge in [-0.1, -0.05) is 36.4 Å². The van der Waals surface area contributed by atoms with E-state index in [1.165, 1.54) is 0 Å². The van der Waals surface area contributed by atoms with E-state index < -0.39 is 0 Å². The summed E-state index contributed by atoms with van der Waals surface area (Å²) in [5.41, 5.74) is 9.51. The molecule has 2 aromatic carbocycles. The third-order valence-corrected chi connectivity index (χ3v) is 10.3. The zero-order valence-electron chi connectivity index (χ0n) is 29.9. The van der Waals surface area contributed by atoms with E-state index in [-0.39, 0.29) is 23.9 Å². The van der Waals surface area contributed by atoms with Crippen LogP contribution in [0.1, 0.15) is 48.2 Å². The Hall–Kier alpha value is -5.07. The minimum Gasteiger partial charge on any atom is -0.491 e. The van der Waals surface area contributed by atoms with Gasteiger partial charge in [0.15, 0.2) is 0 Å². The number of nitrogens with one attached hydrogen (secondary N) is 2. The van der Waals surface area contributed by atoms with Crippen molar-refractivity contribution in [3.05, 3.63) is 71.0 Å². The normalized spacial score (nSPS) is 18.7. The lowest BCUT2D eigenvalue weighted by molar-refractivity contribution is -0.130. The van der Waals surface area contributed by atoms with Crippen molar-refractivity contribution in [2.45, 2.75) is 52.2 Å². The molecule has 4 aromatic rings. The highest BCUT2D eigenvalue weighted by molar-refractivity contribution is 5.83. The molecule has 7 rings (SSSR count). The Morgan fingerprint density at radius 2 is 1.59 bits per heavy atom. The maximum Gasteiger partial charge on any atom is 0.237 e. The number of piperazine rings is 1. The molecule has 51 heavy (non-hydrogen) atoms. The number of aromatic nitrogens is 3. The van der Waals surface area contributed by atoms with Gasteiger partial charge >= 0.3 is 0 Å². The highest BCUT2D eigenvalue weighted by Crippen LogP contribution is 2.43. The molecule has 0 saturated carbocycles. The predicted octanol–water partition coefficient (Wildman–Crippen LogP) is 4.47. The Bertz CT molecular complexity index is 1960. The van der Waals surface area contributed by atoms with Crippen LogP contribution in [-0.4, -0.2) is 96.2 Å². The number of amides is 2. The van der Waals surface area contributed by atoms with Crippen LogP contribution >= 0.6 is 0 Å². The third kappa shape index (κ3) is 6.98. The molecule has 2 N–H and O–H groups in total. The Morgan fingerprint density at radius 1 is 0.941 bits per heavy atom. The first kappa shape index (κ1) is 34.4. The van der Waals surface area contributed by atoms with Gasteiger partial charge in [0.25, 0.3) is 0 Å². The lowest BCUT2D eigenvalue weighted by Gasteiger charge is -2.34. The predicted molar refractivity (Wildman–Crippen MR) is 194 cm³/mol. The molecule has 266 valence electrons. The van der Waals surface area contributed by atoms with E-state index in [1.807, 2.05) is 17.2 Å². The van der Waals surface area contributed by atoms with Crippen molar-refractivity contribution < 1.29 is 23.8 Å². The third-order valence-electron chi connectivity index (χ3n) is 10.3. The monoisotopic (exact) mass is 691 g/mol. The topological polar surface area (TPSA) is 131 Å². The minimum atomic E-state index is -0.0777. The molecule has 5 heterocycles. The molecule has 3 aliphatic heterocycles. The summed E-state index contributed by atoms with van der Waals surface area (Å²) < 4.78 is 17.7. The largest absolute Gasteiger partial charge is 0.491 e. The van der Waals surface area contributed by atoms with Gasteiger partial charge in [-0.3, -0.25) is 19.5 Å². The van der Waals surface area contributed by atoms with Gasteiger partial charge < -0.3 is 29.7 Å². The van der Waals surface area contributed by atoms with Crippen molar-refractivity contribution in [3.63, 3.8) is 0 Å². The van der Waals surface area contributed by atoms with Crippen molar-refractivity contribution in [3.8, 4) is 51.2 Å². The summed E-state index contributed by atoms with van der Waals surface area (Å²) in [5.74, 6) is 2.00. The zero-order valence-corrected chi connectivity index (χ0v) is 29.9. The number of nitrogens with zero attached hydrogens (tertiary/aromatic N) is 5. The number of fused-ring (bicyclic) bond motifs is 1. The second kappa shape index (κ2) is 14.7. The van der Waals surface area contributed by atoms with Crippen molar-refractivity contribution in [1.82, 2.24) is 35.4 Å². The van der Waals surface area contributed by atoms with E-state index in [1.54, 1.807) is 21.1 Å². The van der Waals surface area contributed by atoms with Crippen molar-refractivity contribution in [2.24, 2.45) is 0 Å². The van der Waals surface area contributed by atoms with Crippen molar-refractivity contribution >= 4 is 11.8 Å². The van der Waals surface area contributed by atoms with Crippen LogP contribution in [0.2, 0.25) is 0 Å². The number of rotatable bonds is 10. The molecule has 2 aromatic heterocycles. The molecule has 2 atom stereocenters. The summed E-state index contributed by atoms with van der Waals surface area (Å²) >= 11 is 0. The molecule has 12 nitrogen and oxygen atoms in total. The van der Waals surface area contributed by atoms with Crippen LogP contribution < -0.4 is 24.8 Å². The summed E-state index contributed by atoms with van der Waals surface area (Å²) in [6.07, 6.45) is 3.22. The molecule has 0 radical (unpaired) electrons. The fraction of sp³-hybridized carbons (Fsp3) is 0.410.